The smallest absolute Gasteiger partial charge is 0.331 e. The molecule has 0 saturated heterocycles. The fourth-order valence-corrected chi connectivity index (χ4v) is 8.39. The lowest BCUT2D eigenvalue weighted by molar-refractivity contribution is -0.208. The maximum atomic E-state index is 12.1. The van der Waals surface area contributed by atoms with Crippen molar-refractivity contribution in [2.24, 2.45) is 34.5 Å². The first-order valence-corrected chi connectivity index (χ1v) is 11.1. The van der Waals surface area contributed by atoms with Gasteiger partial charge in [-0.15, -0.1) is 0 Å². The molecule has 5 rings (SSSR count). The lowest BCUT2D eigenvalue weighted by Gasteiger charge is -2.63. The second-order valence-corrected chi connectivity index (χ2v) is 10.7. The van der Waals surface area contributed by atoms with Crippen LogP contribution in [0.3, 0.4) is 0 Å². The highest BCUT2D eigenvalue weighted by atomic mass is 16.5. The van der Waals surface area contributed by atoms with Gasteiger partial charge in [0.15, 0.2) is 0 Å². The van der Waals surface area contributed by atoms with Crippen LogP contribution in [0.25, 0.3) is 0 Å². The average molecular weight is 375 g/mol. The van der Waals surface area contributed by atoms with Gasteiger partial charge in [0.2, 0.25) is 0 Å². The van der Waals surface area contributed by atoms with E-state index in [2.05, 4.69) is 13.8 Å². The summed E-state index contributed by atoms with van der Waals surface area (Å²) in [7, 11) is 0. The molecule has 0 bridgehead atoms. The van der Waals surface area contributed by atoms with E-state index < -0.39 is 5.60 Å². The van der Waals surface area contributed by atoms with Gasteiger partial charge < -0.3 is 14.9 Å². The zero-order valence-corrected chi connectivity index (χ0v) is 16.7. The van der Waals surface area contributed by atoms with Crippen molar-refractivity contribution in [3.05, 3.63) is 11.6 Å². The summed E-state index contributed by atoms with van der Waals surface area (Å²) in [5.74, 6) is 1.59. The Morgan fingerprint density at radius 3 is 2.59 bits per heavy atom. The number of carbonyl (C=O) groups is 1. The standard InChI is InChI=1S/C23H34O4/c1-21-8-5-16(24)12-15(21)3-4-19-18(21)6-9-22(2)17(7-10-23(19,22)26)14-11-20(25)27-13-14/h11,15-19,24,26H,3-10,12-13H2,1-2H3/t15-,16-,17-,18-,19+,21-,22+,23+/m0/s1. The third kappa shape index (κ3) is 2.32. The summed E-state index contributed by atoms with van der Waals surface area (Å²) < 4.78 is 5.20. The van der Waals surface area contributed by atoms with Crippen LogP contribution < -0.4 is 0 Å². The molecule has 0 aromatic heterocycles. The van der Waals surface area contributed by atoms with Gasteiger partial charge in [0.05, 0.1) is 11.7 Å². The highest BCUT2D eigenvalue weighted by molar-refractivity contribution is 5.85. The number of fused-ring (bicyclic) bond motifs is 5. The van der Waals surface area contributed by atoms with Crippen molar-refractivity contribution in [1.29, 1.82) is 0 Å². The first-order valence-electron chi connectivity index (χ1n) is 11.1. The van der Waals surface area contributed by atoms with Crippen LogP contribution in [0.15, 0.2) is 11.6 Å². The molecule has 1 heterocycles. The second-order valence-electron chi connectivity index (χ2n) is 10.7. The minimum absolute atomic E-state index is 0.126. The van der Waals surface area contributed by atoms with Crippen LogP contribution in [0.5, 0.6) is 0 Å². The topological polar surface area (TPSA) is 66.8 Å². The largest absolute Gasteiger partial charge is 0.458 e. The summed E-state index contributed by atoms with van der Waals surface area (Å²) in [6.45, 7) is 5.15. The van der Waals surface area contributed by atoms with Gasteiger partial charge >= 0.3 is 5.97 Å². The first-order chi connectivity index (χ1) is 12.8. The van der Waals surface area contributed by atoms with Crippen molar-refractivity contribution in [1.82, 2.24) is 0 Å². The van der Waals surface area contributed by atoms with Crippen molar-refractivity contribution in [3.63, 3.8) is 0 Å². The van der Waals surface area contributed by atoms with E-state index in [0.29, 0.717) is 24.4 Å². The summed E-state index contributed by atoms with van der Waals surface area (Å²) in [5.41, 5.74) is 0.600. The lowest BCUT2D eigenvalue weighted by atomic mass is 9.43. The number of aliphatic hydroxyl groups excluding tert-OH is 1. The van der Waals surface area contributed by atoms with Crippen molar-refractivity contribution in [3.8, 4) is 0 Å². The molecule has 0 radical (unpaired) electrons. The van der Waals surface area contributed by atoms with E-state index in [0.717, 1.165) is 56.9 Å². The number of esters is 1. The Morgan fingerprint density at radius 2 is 1.85 bits per heavy atom. The molecule has 4 aliphatic carbocycles. The van der Waals surface area contributed by atoms with Crippen LogP contribution in [0.4, 0.5) is 0 Å². The molecule has 4 nitrogen and oxygen atoms in total. The Morgan fingerprint density at radius 1 is 1.04 bits per heavy atom. The molecule has 27 heavy (non-hydrogen) atoms. The molecular weight excluding hydrogens is 340 g/mol. The normalized spacial score (nSPS) is 54.6. The fourth-order valence-electron chi connectivity index (χ4n) is 8.39. The Labute approximate surface area is 162 Å². The van der Waals surface area contributed by atoms with Crippen molar-refractivity contribution < 1.29 is 19.7 Å². The molecule has 2 N–H and O–H groups in total. The number of hydrogen-bond acceptors (Lipinski definition) is 4. The van der Waals surface area contributed by atoms with Crippen LogP contribution in [-0.4, -0.2) is 34.5 Å². The van der Waals surface area contributed by atoms with E-state index in [1.807, 2.05) is 0 Å². The van der Waals surface area contributed by atoms with Crippen molar-refractivity contribution in [2.75, 3.05) is 6.61 Å². The molecule has 5 aliphatic rings. The van der Waals surface area contributed by atoms with E-state index in [9.17, 15) is 15.0 Å². The summed E-state index contributed by atoms with van der Waals surface area (Å²) in [4.78, 5) is 11.6. The van der Waals surface area contributed by atoms with E-state index in [1.54, 1.807) is 6.08 Å². The van der Waals surface area contributed by atoms with Gasteiger partial charge in [-0.25, -0.2) is 4.79 Å². The number of rotatable bonds is 1. The molecule has 0 aromatic carbocycles. The summed E-state index contributed by atoms with van der Waals surface area (Å²) >= 11 is 0. The van der Waals surface area contributed by atoms with Gasteiger partial charge in [-0.05, 0) is 92.4 Å². The number of aliphatic hydroxyl groups is 2. The molecule has 0 spiro atoms. The fraction of sp³-hybridized carbons (Fsp3) is 0.870. The predicted molar refractivity (Wildman–Crippen MR) is 102 cm³/mol. The van der Waals surface area contributed by atoms with Gasteiger partial charge in [0.1, 0.15) is 6.61 Å². The van der Waals surface area contributed by atoms with E-state index in [-0.39, 0.29) is 28.8 Å². The van der Waals surface area contributed by atoms with E-state index in [4.69, 9.17) is 4.74 Å². The third-order valence-corrected chi connectivity index (χ3v) is 9.96. The highest BCUT2D eigenvalue weighted by Crippen LogP contribution is 2.69. The Kier molecular flexibility index (Phi) is 3.92. The van der Waals surface area contributed by atoms with Crippen molar-refractivity contribution >= 4 is 5.97 Å². The molecule has 4 saturated carbocycles. The molecule has 4 heteroatoms. The van der Waals surface area contributed by atoms with Gasteiger partial charge in [-0.2, -0.15) is 0 Å². The van der Waals surface area contributed by atoms with Crippen LogP contribution in [0, 0.1) is 34.5 Å². The minimum atomic E-state index is -0.628. The number of hydrogen-bond donors (Lipinski definition) is 2. The van der Waals surface area contributed by atoms with Gasteiger partial charge in [-0.3, -0.25) is 0 Å². The average Bonchev–Trinajstić information content (AvgIpc) is 3.16. The maximum Gasteiger partial charge on any atom is 0.331 e. The highest BCUT2D eigenvalue weighted by Gasteiger charge is 2.67. The molecule has 4 fully saturated rings. The summed E-state index contributed by atoms with van der Waals surface area (Å²) in [6.07, 6.45) is 10.8. The number of cyclic esters (lactones) is 1. The van der Waals surface area contributed by atoms with Crippen LogP contribution >= 0.6 is 0 Å². The number of carbonyl (C=O) groups excluding carboxylic acids is 1. The first kappa shape index (κ1) is 18.2. The van der Waals surface area contributed by atoms with Crippen LogP contribution in [0.2, 0.25) is 0 Å². The Balaban J connectivity index is 1.47. The molecule has 1 aliphatic heterocycles. The zero-order valence-electron chi connectivity index (χ0n) is 16.7. The molecule has 8 atom stereocenters. The zero-order chi connectivity index (χ0) is 19.0. The van der Waals surface area contributed by atoms with Crippen molar-refractivity contribution in [2.45, 2.75) is 83.3 Å². The molecule has 0 aromatic rings. The second kappa shape index (κ2) is 5.82. The molecule has 0 amide bonds. The molecular formula is C23H34O4. The van der Waals surface area contributed by atoms with E-state index in [1.165, 1.54) is 6.42 Å². The predicted octanol–water partition coefficient (Wildman–Crippen LogP) is 3.60. The van der Waals surface area contributed by atoms with Gasteiger partial charge in [-0.1, -0.05) is 13.8 Å². The Hall–Kier alpha value is -0.870. The van der Waals surface area contributed by atoms with Crippen LogP contribution in [-0.2, 0) is 9.53 Å². The SMILES string of the molecule is C[C@]12CC[C@H](O)C[C@@H]1CC[C@@H]1[C@@H]2CC[C@]2(C)[C@H](C3=CC(=O)OC3)CC[C@@]12O. The Bertz CT molecular complexity index is 686. The lowest BCUT2D eigenvalue weighted by Crippen LogP contribution is -2.62. The van der Waals surface area contributed by atoms with E-state index >= 15 is 0 Å². The maximum absolute atomic E-state index is 12.1. The quantitative estimate of drug-likeness (QED) is 0.688. The van der Waals surface area contributed by atoms with Gasteiger partial charge in [0, 0.05) is 11.5 Å². The number of ether oxygens (including phenoxy) is 1. The van der Waals surface area contributed by atoms with Gasteiger partial charge in [0.25, 0.3) is 0 Å². The monoisotopic (exact) mass is 374 g/mol. The summed E-state index contributed by atoms with van der Waals surface area (Å²) in [5, 5.41) is 22.3. The summed E-state index contributed by atoms with van der Waals surface area (Å²) in [6, 6.07) is 0. The minimum Gasteiger partial charge on any atom is -0.458 e. The molecule has 0 unspecified atom stereocenters. The van der Waals surface area contributed by atoms with Crippen LogP contribution in [0.1, 0.15) is 71.6 Å². The molecule has 150 valence electrons. The third-order valence-electron chi connectivity index (χ3n) is 9.96.